The molecule has 0 saturated heterocycles. The summed E-state index contributed by atoms with van der Waals surface area (Å²) in [5.41, 5.74) is 11.6. The van der Waals surface area contributed by atoms with Crippen LogP contribution < -0.4 is 16.8 Å². The molecule has 0 aliphatic carbocycles. The van der Waals surface area contributed by atoms with Gasteiger partial charge in [-0.15, -0.1) is 0 Å². The standard InChI is InChI=1S/C13H14FN5O/c1-7-17-3-2-8(19-7)6-18-12-4-9(13(16)20)11(15)5-10(12)14/h2-5,18H,6,15H2,1H3,(H2,16,20). The minimum atomic E-state index is -0.705. The number of benzene rings is 1. The van der Waals surface area contributed by atoms with Gasteiger partial charge in [-0.3, -0.25) is 4.79 Å². The molecular weight excluding hydrogens is 261 g/mol. The third kappa shape index (κ3) is 3.00. The van der Waals surface area contributed by atoms with Crippen molar-refractivity contribution in [2.75, 3.05) is 11.1 Å². The molecule has 0 radical (unpaired) electrons. The van der Waals surface area contributed by atoms with Gasteiger partial charge in [0.2, 0.25) is 0 Å². The molecule has 7 heteroatoms. The summed E-state index contributed by atoms with van der Waals surface area (Å²) in [5.74, 6) is -0.637. The Bertz CT molecular complexity index is 659. The van der Waals surface area contributed by atoms with E-state index < -0.39 is 11.7 Å². The molecule has 20 heavy (non-hydrogen) atoms. The Balaban J connectivity index is 2.21. The Labute approximate surface area is 115 Å². The smallest absolute Gasteiger partial charge is 0.250 e. The van der Waals surface area contributed by atoms with Crippen molar-refractivity contribution in [3.63, 3.8) is 0 Å². The lowest BCUT2D eigenvalue weighted by atomic mass is 10.1. The van der Waals surface area contributed by atoms with E-state index in [4.69, 9.17) is 11.5 Å². The fourth-order valence-corrected chi connectivity index (χ4v) is 1.73. The van der Waals surface area contributed by atoms with Gasteiger partial charge in [0.25, 0.3) is 5.91 Å². The minimum absolute atomic E-state index is 0.0124. The number of halogens is 1. The first-order chi connectivity index (χ1) is 9.47. The molecule has 1 aromatic heterocycles. The van der Waals surface area contributed by atoms with E-state index in [1.54, 1.807) is 19.2 Å². The number of amides is 1. The van der Waals surface area contributed by atoms with E-state index in [2.05, 4.69) is 15.3 Å². The van der Waals surface area contributed by atoms with Crippen LogP contribution in [0.25, 0.3) is 0 Å². The van der Waals surface area contributed by atoms with Crippen molar-refractivity contribution in [2.45, 2.75) is 13.5 Å². The summed E-state index contributed by atoms with van der Waals surface area (Å²) in [6, 6.07) is 4.07. The second kappa shape index (κ2) is 5.52. The van der Waals surface area contributed by atoms with Gasteiger partial charge in [0.05, 0.1) is 23.5 Å². The van der Waals surface area contributed by atoms with Crippen molar-refractivity contribution >= 4 is 17.3 Å². The summed E-state index contributed by atoms with van der Waals surface area (Å²) in [7, 11) is 0. The van der Waals surface area contributed by atoms with E-state index in [-0.39, 0.29) is 16.9 Å². The van der Waals surface area contributed by atoms with Crippen LogP contribution in [0.2, 0.25) is 0 Å². The first-order valence-corrected chi connectivity index (χ1v) is 5.88. The largest absolute Gasteiger partial charge is 0.398 e. The summed E-state index contributed by atoms with van der Waals surface area (Å²) < 4.78 is 13.7. The molecule has 0 aliphatic heterocycles. The third-order valence-corrected chi connectivity index (χ3v) is 2.70. The molecule has 0 fully saturated rings. The van der Waals surface area contributed by atoms with Crippen LogP contribution in [0.1, 0.15) is 21.9 Å². The van der Waals surface area contributed by atoms with Gasteiger partial charge < -0.3 is 16.8 Å². The van der Waals surface area contributed by atoms with Crippen LogP contribution in [0.5, 0.6) is 0 Å². The number of rotatable bonds is 4. The first-order valence-electron chi connectivity index (χ1n) is 5.88. The number of aromatic nitrogens is 2. The number of hydrogen-bond donors (Lipinski definition) is 3. The SMILES string of the molecule is Cc1nccc(CNc2cc(C(N)=O)c(N)cc2F)n1. The maximum atomic E-state index is 13.7. The molecule has 6 nitrogen and oxygen atoms in total. The normalized spacial score (nSPS) is 10.3. The van der Waals surface area contributed by atoms with Crippen molar-refractivity contribution < 1.29 is 9.18 Å². The molecule has 0 saturated carbocycles. The molecule has 0 atom stereocenters. The topological polar surface area (TPSA) is 107 Å². The van der Waals surface area contributed by atoms with Crippen molar-refractivity contribution in [3.05, 3.63) is 47.3 Å². The average molecular weight is 275 g/mol. The van der Waals surface area contributed by atoms with Crippen LogP contribution in [0.15, 0.2) is 24.4 Å². The highest BCUT2D eigenvalue weighted by Crippen LogP contribution is 2.22. The van der Waals surface area contributed by atoms with Gasteiger partial charge in [-0.2, -0.15) is 0 Å². The summed E-state index contributed by atoms with van der Waals surface area (Å²) >= 11 is 0. The van der Waals surface area contributed by atoms with Gasteiger partial charge in [0.1, 0.15) is 11.6 Å². The molecule has 0 aliphatic rings. The minimum Gasteiger partial charge on any atom is -0.398 e. The van der Waals surface area contributed by atoms with E-state index >= 15 is 0 Å². The van der Waals surface area contributed by atoms with Gasteiger partial charge >= 0.3 is 0 Å². The first kappa shape index (κ1) is 13.7. The zero-order chi connectivity index (χ0) is 14.7. The fourth-order valence-electron chi connectivity index (χ4n) is 1.73. The predicted molar refractivity (Wildman–Crippen MR) is 73.4 cm³/mol. The maximum Gasteiger partial charge on any atom is 0.250 e. The van der Waals surface area contributed by atoms with Crippen molar-refractivity contribution in [3.8, 4) is 0 Å². The van der Waals surface area contributed by atoms with Crippen LogP contribution >= 0.6 is 0 Å². The van der Waals surface area contributed by atoms with Crippen molar-refractivity contribution in [2.24, 2.45) is 5.73 Å². The Kier molecular flexibility index (Phi) is 3.79. The van der Waals surface area contributed by atoms with Crippen LogP contribution in [0, 0.1) is 12.7 Å². The molecule has 1 aromatic carbocycles. The average Bonchev–Trinajstić information content (AvgIpc) is 2.37. The third-order valence-electron chi connectivity index (χ3n) is 2.70. The highest BCUT2D eigenvalue weighted by Gasteiger charge is 2.11. The van der Waals surface area contributed by atoms with E-state index in [0.717, 1.165) is 6.07 Å². The molecule has 5 N–H and O–H groups in total. The van der Waals surface area contributed by atoms with E-state index in [9.17, 15) is 9.18 Å². The van der Waals surface area contributed by atoms with Gasteiger partial charge in [0, 0.05) is 11.9 Å². The van der Waals surface area contributed by atoms with E-state index in [0.29, 0.717) is 18.1 Å². The number of anilines is 2. The van der Waals surface area contributed by atoms with E-state index in [1.807, 2.05) is 0 Å². The molecule has 2 rings (SSSR count). The highest BCUT2D eigenvalue weighted by molar-refractivity contribution is 5.99. The van der Waals surface area contributed by atoms with Gasteiger partial charge in [0.15, 0.2) is 0 Å². The molecule has 0 unspecified atom stereocenters. The molecule has 1 amide bonds. The Morgan fingerprint density at radius 1 is 1.45 bits per heavy atom. The van der Waals surface area contributed by atoms with E-state index in [1.165, 1.54) is 6.07 Å². The summed E-state index contributed by atoms with van der Waals surface area (Å²) in [6.45, 7) is 2.06. The van der Waals surface area contributed by atoms with Gasteiger partial charge in [-0.1, -0.05) is 0 Å². The van der Waals surface area contributed by atoms with Crippen molar-refractivity contribution in [1.29, 1.82) is 0 Å². The number of aryl methyl sites for hydroxylation is 1. The monoisotopic (exact) mass is 275 g/mol. The molecule has 104 valence electrons. The Morgan fingerprint density at radius 2 is 2.20 bits per heavy atom. The highest BCUT2D eigenvalue weighted by atomic mass is 19.1. The predicted octanol–water partition coefficient (Wildman–Crippen LogP) is 1.22. The van der Waals surface area contributed by atoms with Crippen LogP contribution in [0.4, 0.5) is 15.8 Å². The fraction of sp³-hybridized carbons (Fsp3) is 0.154. The second-order valence-electron chi connectivity index (χ2n) is 4.23. The van der Waals surface area contributed by atoms with Crippen LogP contribution in [-0.4, -0.2) is 15.9 Å². The van der Waals surface area contributed by atoms with Crippen LogP contribution in [-0.2, 0) is 6.54 Å². The number of carbonyl (C=O) groups excluding carboxylic acids is 1. The second-order valence-corrected chi connectivity index (χ2v) is 4.23. The quantitative estimate of drug-likeness (QED) is 0.727. The zero-order valence-corrected chi connectivity index (χ0v) is 10.9. The molecule has 1 heterocycles. The summed E-state index contributed by atoms with van der Waals surface area (Å²) in [6.07, 6.45) is 1.62. The lowest BCUT2D eigenvalue weighted by Gasteiger charge is -2.10. The lowest BCUT2D eigenvalue weighted by molar-refractivity contribution is 0.100. The number of nitrogen functional groups attached to an aromatic ring is 1. The van der Waals surface area contributed by atoms with Gasteiger partial charge in [-0.05, 0) is 25.1 Å². The Morgan fingerprint density at radius 3 is 2.85 bits per heavy atom. The molecular formula is C13H14FN5O. The zero-order valence-electron chi connectivity index (χ0n) is 10.9. The number of carbonyl (C=O) groups is 1. The molecule has 0 spiro atoms. The van der Waals surface area contributed by atoms with Gasteiger partial charge in [-0.25, -0.2) is 14.4 Å². The molecule has 2 aromatic rings. The number of hydrogen-bond acceptors (Lipinski definition) is 5. The Hall–Kier alpha value is -2.70. The molecule has 0 bridgehead atoms. The number of nitrogens with one attached hydrogen (secondary N) is 1. The van der Waals surface area contributed by atoms with Crippen LogP contribution in [0.3, 0.4) is 0 Å². The summed E-state index contributed by atoms with van der Waals surface area (Å²) in [4.78, 5) is 19.3. The lowest BCUT2D eigenvalue weighted by Crippen LogP contribution is -2.15. The van der Waals surface area contributed by atoms with Crippen molar-refractivity contribution in [1.82, 2.24) is 9.97 Å². The number of primary amides is 1. The summed E-state index contributed by atoms with van der Waals surface area (Å²) in [5, 5.41) is 2.85. The maximum absolute atomic E-state index is 13.7. The number of nitrogens with zero attached hydrogens (tertiary/aromatic N) is 2. The number of nitrogens with two attached hydrogens (primary N) is 2.